The molecule has 0 amide bonds. The van der Waals surface area contributed by atoms with Crippen molar-refractivity contribution >= 4 is 6.08 Å². The van der Waals surface area contributed by atoms with Crippen molar-refractivity contribution < 1.29 is 8.78 Å². The lowest BCUT2D eigenvalue weighted by atomic mass is 10.0. The molecular formula is C30H26F2. The Labute approximate surface area is 190 Å². The lowest BCUT2D eigenvalue weighted by molar-refractivity contribution is 0.429. The first-order valence-electron chi connectivity index (χ1n) is 11.0. The summed E-state index contributed by atoms with van der Waals surface area (Å²) in [5.74, 6) is 12.8. The maximum atomic E-state index is 12.3. The minimum atomic E-state index is -1.71. The number of halogens is 2. The number of rotatable bonds is 5. The molecule has 3 aromatic rings. The first-order chi connectivity index (χ1) is 15.6. The Bertz CT molecular complexity index is 1190. The van der Waals surface area contributed by atoms with Gasteiger partial charge in [-0.3, -0.25) is 0 Å². The molecule has 32 heavy (non-hydrogen) atoms. The quantitative estimate of drug-likeness (QED) is 0.369. The Morgan fingerprint density at radius 3 is 1.97 bits per heavy atom. The third-order valence-corrected chi connectivity index (χ3v) is 5.14. The molecule has 0 saturated heterocycles. The number of aryl methyl sites for hydroxylation is 2. The molecule has 2 heteroatoms. The zero-order chi connectivity index (χ0) is 22.8. The minimum Gasteiger partial charge on any atom is -0.173 e. The lowest BCUT2D eigenvalue weighted by Crippen LogP contribution is -1.90. The third-order valence-electron chi connectivity index (χ3n) is 5.14. The summed E-state index contributed by atoms with van der Waals surface area (Å²) < 4.78 is 24.7. The van der Waals surface area contributed by atoms with Gasteiger partial charge in [0.25, 0.3) is 6.08 Å². The van der Waals surface area contributed by atoms with Crippen molar-refractivity contribution in [1.82, 2.24) is 0 Å². The molecule has 0 N–H and O–H groups in total. The van der Waals surface area contributed by atoms with Gasteiger partial charge in [-0.2, -0.15) is 8.78 Å². The zero-order valence-electron chi connectivity index (χ0n) is 18.5. The van der Waals surface area contributed by atoms with Crippen molar-refractivity contribution in [3.63, 3.8) is 0 Å². The summed E-state index contributed by atoms with van der Waals surface area (Å²) >= 11 is 0. The van der Waals surface area contributed by atoms with Crippen LogP contribution in [0.3, 0.4) is 0 Å². The second-order valence-electron chi connectivity index (χ2n) is 7.58. The van der Waals surface area contributed by atoms with Crippen LogP contribution in [0.1, 0.15) is 65.6 Å². The topological polar surface area (TPSA) is 0 Å². The highest BCUT2D eigenvalue weighted by atomic mass is 19.3. The molecule has 0 spiro atoms. The van der Waals surface area contributed by atoms with E-state index in [0.717, 1.165) is 46.7 Å². The van der Waals surface area contributed by atoms with Crippen LogP contribution < -0.4 is 0 Å². The summed E-state index contributed by atoms with van der Waals surface area (Å²) in [6, 6.07) is 21.3. The Kier molecular flexibility index (Phi) is 8.42. The van der Waals surface area contributed by atoms with Crippen molar-refractivity contribution in [2.45, 2.75) is 39.5 Å². The molecular weight excluding hydrogens is 398 g/mol. The Hall–Kier alpha value is -3.62. The minimum absolute atomic E-state index is 0.461. The second-order valence-corrected chi connectivity index (χ2v) is 7.58. The third kappa shape index (κ3) is 6.97. The zero-order valence-corrected chi connectivity index (χ0v) is 18.5. The lowest BCUT2D eigenvalue weighted by Gasteiger charge is -2.02. The van der Waals surface area contributed by atoms with Crippen LogP contribution in [0.5, 0.6) is 0 Å². The van der Waals surface area contributed by atoms with Gasteiger partial charge in [0, 0.05) is 28.3 Å². The molecule has 0 radical (unpaired) electrons. The van der Waals surface area contributed by atoms with E-state index in [2.05, 4.69) is 67.9 Å². The fourth-order valence-corrected chi connectivity index (χ4v) is 3.29. The average molecular weight is 425 g/mol. The normalized spacial score (nSPS) is 9.88. The molecule has 3 rings (SSSR count). The molecule has 0 unspecified atom stereocenters. The molecule has 160 valence electrons. The first kappa shape index (κ1) is 23.1. The Balaban J connectivity index is 1.74. The van der Waals surface area contributed by atoms with Crippen molar-refractivity contribution in [1.29, 1.82) is 0 Å². The fourth-order valence-electron chi connectivity index (χ4n) is 3.29. The summed E-state index contributed by atoms with van der Waals surface area (Å²) in [7, 11) is 0. The molecule has 0 aliphatic heterocycles. The molecule has 0 nitrogen and oxygen atoms in total. The summed E-state index contributed by atoms with van der Waals surface area (Å²) in [4.78, 5) is 0. The van der Waals surface area contributed by atoms with Gasteiger partial charge in [-0.05, 0) is 78.4 Å². The molecule has 0 aliphatic rings. The van der Waals surface area contributed by atoms with Crippen LogP contribution in [0.25, 0.3) is 6.08 Å². The molecule has 0 aliphatic carbocycles. The van der Waals surface area contributed by atoms with E-state index in [1.807, 2.05) is 12.1 Å². The van der Waals surface area contributed by atoms with Crippen molar-refractivity contribution in [3.8, 4) is 23.7 Å². The summed E-state index contributed by atoms with van der Waals surface area (Å²) in [5.41, 5.74) is 6.67. The van der Waals surface area contributed by atoms with E-state index >= 15 is 0 Å². The van der Waals surface area contributed by atoms with E-state index in [1.54, 1.807) is 24.3 Å². The molecule has 0 atom stereocenters. The van der Waals surface area contributed by atoms with Crippen LogP contribution >= 0.6 is 0 Å². The van der Waals surface area contributed by atoms with Gasteiger partial charge in [0.05, 0.1) is 0 Å². The molecule has 0 fully saturated rings. The van der Waals surface area contributed by atoms with Crippen LogP contribution in [0.15, 0.2) is 72.8 Å². The van der Waals surface area contributed by atoms with E-state index in [0.29, 0.717) is 5.56 Å². The highest BCUT2D eigenvalue weighted by Crippen LogP contribution is 2.14. The van der Waals surface area contributed by atoms with E-state index < -0.39 is 6.08 Å². The monoisotopic (exact) mass is 424 g/mol. The largest absolute Gasteiger partial charge is 0.270 e. The number of hydrogen-bond donors (Lipinski definition) is 0. The van der Waals surface area contributed by atoms with Gasteiger partial charge in [0.2, 0.25) is 0 Å². The van der Waals surface area contributed by atoms with Gasteiger partial charge in [0.15, 0.2) is 0 Å². The smallest absolute Gasteiger partial charge is 0.173 e. The first-order valence-corrected chi connectivity index (χ1v) is 11.0. The SMILES string of the molecule is CCCCc1ccc(C#Cc2ccc(C#Cc3ccc(C=C(F)F)cc3)c(CC)c2)cc1. The van der Waals surface area contributed by atoms with Gasteiger partial charge < -0.3 is 0 Å². The summed E-state index contributed by atoms with van der Waals surface area (Å²) in [6.45, 7) is 4.30. The molecule has 0 heterocycles. The van der Waals surface area contributed by atoms with E-state index in [9.17, 15) is 8.78 Å². The highest BCUT2D eigenvalue weighted by molar-refractivity contribution is 5.54. The second kappa shape index (κ2) is 11.7. The van der Waals surface area contributed by atoms with Crippen LogP contribution in [-0.2, 0) is 12.8 Å². The average Bonchev–Trinajstić information content (AvgIpc) is 2.81. The molecule has 0 bridgehead atoms. The fraction of sp³-hybridized carbons (Fsp3) is 0.200. The Morgan fingerprint density at radius 1 is 0.750 bits per heavy atom. The van der Waals surface area contributed by atoms with E-state index in [-0.39, 0.29) is 0 Å². The predicted octanol–water partition coefficient (Wildman–Crippen LogP) is 7.63. The van der Waals surface area contributed by atoms with Gasteiger partial charge in [-0.1, -0.05) is 68.2 Å². The Morgan fingerprint density at radius 2 is 1.34 bits per heavy atom. The number of hydrogen-bond acceptors (Lipinski definition) is 0. The van der Waals surface area contributed by atoms with Gasteiger partial charge in [-0.15, -0.1) is 0 Å². The van der Waals surface area contributed by atoms with Gasteiger partial charge in [-0.25, -0.2) is 0 Å². The van der Waals surface area contributed by atoms with Crippen LogP contribution in [0.2, 0.25) is 0 Å². The van der Waals surface area contributed by atoms with Gasteiger partial charge >= 0.3 is 0 Å². The van der Waals surface area contributed by atoms with Crippen molar-refractivity contribution in [2.75, 3.05) is 0 Å². The summed E-state index contributed by atoms with van der Waals surface area (Å²) in [5, 5.41) is 0. The predicted molar refractivity (Wildman–Crippen MR) is 129 cm³/mol. The van der Waals surface area contributed by atoms with Crippen LogP contribution in [0.4, 0.5) is 8.78 Å². The van der Waals surface area contributed by atoms with Crippen LogP contribution in [-0.4, -0.2) is 0 Å². The van der Waals surface area contributed by atoms with Crippen molar-refractivity contribution in [2.24, 2.45) is 0 Å². The number of benzene rings is 3. The molecule has 3 aromatic carbocycles. The van der Waals surface area contributed by atoms with Gasteiger partial charge in [0.1, 0.15) is 0 Å². The molecule has 0 aromatic heterocycles. The van der Waals surface area contributed by atoms with Crippen molar-refractivity contribution in [3.05, 3.63) is 112 Å². The maximum absolute atomic E-state index is 12.3. The van der Waals surface area contributed by atoms with Crippen LogP contribution in [0, 0.1) is 23.7 Å². The maximum Gasteiger partial charge on any atom is 0.270 e. The standard InChI is InChI=1S/C30H26F2/c1-3-5-6-23-7-9-24(10-8-23)11-14-26-18-20-29(28(4-2)21-26)19-17-25-12-15-27(16-13-25)22-30(31)32/h7-10,12-13,15-16,18,20-22H,3-6H2,1-2H3. The summed E-state index contributed by atoms with van der Waals surface area (Å²) in [6.07, 6.45) is 3.51. The molecule has 0 saturated carbocycles. The van der Waals surface area contributed by atoms with E-state index in [4.69, 9.17) is 0 Å². The highest BCUT2D eigenvalue weighted by Gasteiger charge is 2.00. The number of unbranched alkanes of at least 4 members (excludes halogenated alkanes) is 1. The van der Waals surface area contributed by atoms with E-state index in [1.165, 1.54) is 18.4 Å².